The molecule has 2 heterocycles. The number of fused-ring (bicyclic) bond motifs is 5. The van der Waals surface area contributed by atoms with Gasteiger partial charge in [-0.1, -0.05) is 227 Å². The third-order valence-electron chi connectivity index (χ3n) is 17.0. The van der Waals surface area contributed by atoms with Gasteiger partial charge in [-0.2, -0.15) is 0 Å². The third kappa shape index (κ3) is 8.94. The van der Waals surface area contributed by atoms with Gasteiger partial charge >= 0.3 is 0 Å². The summed E-state index contributed by atoms with van der Waals surface area (Å²) in [7, 11) is 0. The Balaban J connectivity index is 1.33. The molecule has 3 nitrogen and oxygen atoms in total. The van der Waals surface area contributed by atoms with E-state index in [1.54, 1.807) is 0 Å². The van der Waals surface area contributed by atoms with Crippen molar-refractivity contribution in [1.29, 1.82) is 0 Å². The molecule has 0 unspecified atom stereocenters. The molecule has 0 radical (unpaired) electrons. The minimum Gasteiger partial charge on any atom is -0.314 e. The highest BCUT2D eigenvalue weighted by Gasteiger charge is 2.53. The first kappa shape index (κ1) is 52.0. The van der Waals surface area contributed by atoms with Gasteiger partial charge < -0.3 is 14.7 Å². The molecule has 0 saturated heterocycles. The second kappa shape index (κ2) is 18.0. The van der Waals surface area contributed by atoms with Crippen LogP contribution in [0, 0.1) is 0 Å². The molecule has 0 spiro atoms. The molecule has 11 rings (SSSR count). The number of rotatable bonds is 6. The molecule has 1 aliphatic carbocycles. The molecular formula is C73H80BN3. The van der Waals surface area contributed by atoms with Gasteiger partial charge in [-0.15, -0.1) is 0 Å². The molecule has 2 aliphatic heterocycles. The van der Waals surface area contributed by atoms with Gasteiger partial charge in [0, 0.05) is 50.8 Å². The van der Waals surface area contributed by atoms with Crippen LogP contribution < -0.4 is 25.6 Å². The van der Waals surface area contributed by atoms with E-state index >= 15 is 0 Å². The van der Waals surface area contributed by atoms with Gasteiger partial charge in [-0.05, 0) is 155 Å². The Labute approximate surface area is 462 Å². The van der Waals surface area contributed by atoms with Crippen LogP contribution in [0.5, 0.6) is 0 Å². The molecule has 0 fully saturated rings. The van der Waals surface area contributed by atoms with Crippen LogP contribution in [0.3, 0.4) is 0 Å². The van der Waals surface area contributed by atoms with Gasteiger partial charge in [-0.3, -0.25) is 0 Å². The predicted octanol–water partition coefficient (Wildman–Crippen LogP) is 19.1. The summed E-state index contributed by atoms with van der Waals surface area (Å²) >= 11 is 0. The summed E-state index contributed by atoms with van der Waals surface area (Å²) in [5, 5.41) is 0. The fourth-order valence-corrected chi connectivity index (χ4v) is 12.4. The Hall–Kier alpha value is -7.04. The molecule has 8 aromatic carbocycles. The molecule has 0 N–H and O–H groups in total. The lowest BCUT2D eigenvalue weighted by atomic mass is 9.32. The maximum absolute atomic E-state index is 2.75. The number of allylic oxidation sites excluding steroid dienone is 1. The van der Waals surface area contributed by atoms with Crippen LogP contribution in [0.4, 0.5) is 45.5 Å². The Morgan fingerprint density at radius 3 is 1.34 bits per heavy atom. The lowest BCUT2D eigenvalue weighted by Crippen LogP contribution is -2.56. The van der Waals surface area contributed by atoms with Crippen LogP contribution in [0.15, 0.2) is 182 Å². The number of nitrogens with zero attached hydrogens (tertiary/aromatic N) is 3. The van der Waals surface area contributed by atoms with E-state index in [1.807, 2.05) is 0 Å². The van der Waals surface area contributed by atoms with Gasteiger partial charge in [0.25, 0.3) is 6.71 Å². The quantitative estimate of drug-likeness (QED) is 0.154. The van der Waals surface area contributed by atoms with E-state index in [2.05, 4.69) is 308 Å². The highest BCUT2D eigenvalue weighted by molar-refractivity contribution is 7.03. The van der Waals surface area contributed by atoms with E-state index in [1.165, 1.54) is 94.9 Å². The standard InChI is InChI=1S/C73H80BN3/c1-68(2,3)48-30-28-47(29-31-48)58-42-50(70(7,8)9)35-40-61(58)77-64-46-56(75(53-24-20-18-21-25-53)54-26-22-19-23-27-54)45-63-66(64)74(65-57-39-34-51(71(10,11)12)43-59(57)73(16,17)67(65)77)60-44-52(72(13,14)15)36-41-62(60)76(63)55-37-32-49(33-38-55)69(4,5)6/h18-46H,1-17H3. The Morgan fingerprint density at radius 1 is 0.377 bits per heavy atom. The fraction of sp³-hybridized carbons (Fsp3) is 0.315. The molecular weight excluding hydrogens is 930 g/mol. The lowest BCUT2D eigenvalue weighted by Gasteiger charge is -2.47. The zero-order valence-electron chi connectivity index (χ0n) is 49.2. The first-order chi connectivity index (χ1) is 36.1. The fourth-order valence-electron chi connectivity index (χ4n) is 12.4. The summed E-state index contributed by atoms with van der Waals surface area (Å²) in [5.74, 6) is 0. The number of para-hydroxylation sites is 2. The number of benzene rings is 8. The zero-order valence-corrected chi connectivity index (χ0v) is 49.2. The lowest BCUT2D eigenvalue weighted by molar-refractivity contribution is 0.580. The van der Waals surface area contributed by atoms with Crippen LogP contribution in [0.1, 0.15) is 157 Å². The van der Waals surface area contributed by atoms with Crippen molar-refractivity contribution >= 4 is 68.6 Å². The number of hydrogen-bond donors (Lipinski definition) is 0. The van der Waals surface area contributed by atoms with Gasteiger partial charge in [-0.25, -0.2) is 0 Å². The van der Waals surface area contributed by atoms with Crippen LogP contribution in [0.25, 0.3) is 16.6 Å². The van der Waals surface area contributed by atoms with Gasteiger partial charge in [0.1, 0.15) is 0 Å². The van der Waals surface area contributed by atoms with Crippen LogP contribution in [-0.2, 0) is 32.5 Å². The van der Waals surface area contributed by atoms with E-state index in [-0.39, 0.29) is 33.8 Å². The average molecular weight is 1010 g/mol. The molecule has 0 atom stereocenters. The van der Waals surface area contributed by atoms with Gasteiger partial charge in [0.15, 0.2) is 0 Å². The first-order valence-electron chi connectivity index (χ1n) is 28.2. The van der Waals surface area contributed by atoms with Crippen molar-refractivity contribution in [1.82, 2.24) is 0 Å². The SMILES string of the molecule is CC(C)(C)c1ccc(-c2cc(C(C)(C)C)ccc2N2C3=C(B4c5cc(C(C)(C)C)ccc5N(c5ccc(C(C)(C)C)cc5)c5cc(N(c6ccccc6)c6ccccc6)cc2c54)c2ccc(C(C)(C)C)cc2C3(C)C)cc1. The second-order valence-corrected chi connectivity index (χ2v) is 28.0. The predicted molar refractivity (Wildman–Crippen MR) is 335 cm³/mol. The Morgan fingerprint density at radius 2 is 0.818 bits per heavy atom. The van der Waals surface area contributed by atoms with Crippen molar-refractivity contribution < 1.29 is 0 Å². The molecule has 0 amide bonds. The highest BCUT2D eigenvalue weighted by atomic mass is 15.2. The summed E-state index contributed by atoms with van der Waals surface area (Å²) in [4.78, 5) is 7.81. The third-order valence-corrected chi connectivity index (χ3v) is 17.0. The van der Waals surface area contributed by atoms with Gasteiger partial charge in [0.05, 0.1) is 11.4 Å². The van der Waals surface area contributed by atoms with Crippen molar-refractivity contribution in [3.63, 3.8) is 0 Å². The number of hydrogen-bond acceptors (Lipinski definition) is 3. The van der Waals surface area contributed by atoms with Crippen molar-refractivity contribution in [2.24, 2.45) is 0 Å². The van der Waals surface area contributed by atoms with Gasteiger partial charge in [0.2, 0.25) is 0 Å². The van der Waals surface area contributed by atoms with Crippen LogP contribution >= 0.6 is 0 Å². The second-order valence-electron chi connectivity index (χ2n) is 28.0. The van der Waals surface area contributed by atoms with E-state index in [0.717, 1.165) is 22.7 Å². The summed E-state index contributed by atoms with van der Waals surface area (Å²) in [6.07, 6.45) is 0. The zero-order chi connectivity index (χ0) is 54.9. The van der Waals surface area contributed by atoms with Crippen LogP contribution in [0.2, 0.25) is 0 Å². The molecule has 0 saturated carbocycles. The minimum atomic E-state index is -0.407. The maximum atomic E-state index is 2.75. The van der Waals surface area contributed by atoms with Crippen molar-refractivity contribution in [3.05, 3.63) is 221 Å². The number of anilines is 8. The first-order valence-corrected chi connectivity index (χ1v) is 28.2. The largest absolute Gasteiger partial charge is 0.314 e. The van der Waals surface area contributed by atoms with Crippen molar-refractivity contribution in [2.45, 2.75) is 150 Å². The maximum Gasteiger partial charge on any atom is 0.252 e. The minimum absolute atomic E-state index is 0.00218. The summed E-state index contributed by atoms with van der Waals surface area (Å²) in [6.45, 7) is 40.0. The monoisotopic (exact) mass is 1010 g/mol. The topological polar surface area (TPSA) is 9.72 Å². The molecule has 77 heavy (non-hydrogen) atoms. The molecule has 390 valence electrons. The average Bonchev–Trinajstić information content (AvgIpc) is 3.86. The molecule has 3 aliphatic rings. The van der Waals surface area contributed by atoms with E-state index < -0.39 is 5.41 Å². The Kier molecular flexibility index (Phi) is 12.2. The Bertz CT molecular complexity index is 3560. The van der Waals surface area contributed by atoms with Crippen molar-refractivity contribution in [3.8, 4) is 11.1 Å². The molecule has 0 aromatic heterocycles. The summed E-state index contributed by atoms with van der Waals surface area (Å²) in [6, 6.07) is 68.1. The highest BCUT2D eigenvalue weighted by Crippen LogP contribution is 2.59. The normalized spacial score (nSPS) is 15.1. The summed E-state index contributed by atoms with van der Waals surface area (Å²) < 4.78 is 0. The summed E-state index contributed by atoms with van der Waals surface area (Å²) in [5.41, 5.74) is 25.9. The smallest absolute Gasteiger partial charge is 0.252 e. The van der Waals surface area contributed by atoms with Crippen LogP contribution in [-0.4, -0.2) is 6.71 Å². The molecule has 4 heteroatoms. The molecule has 0 bridgehead atoms. The van der Waals surface area contributed by atoms with E-state index in [9.17, 15) is 0 Å². The van der Waals surface area contributed by atoms with Crippen molar-refractivity contribution in [2.75, 3.05) is 14.7 Å². The van der Waals surface area contributed by atoms with E-state index in [4.69, 9.17) is 0 Å². The van der Waals surface area contributed by atoms with E-state index in [0.29, 0.717) is 0 Å². The molecule has 8 aromatic rings.